The fraction of sp³-hybridized carbons (Fsp3) is 0.263. The molecule has 4 N–H and O–H groups in total. The topological polar surface area (TPSA) is 133 Å². The van der Waals surface area contributed by atoms with E-state index in [1.54, 1.807) is 24.3 Å². The molecule has 0 radical (unpaired) electrons. The highest BCUT2D eigenvalue weighted by Gasteiger charge is 2.28. The SMILES string of the molecule is NC(=O)c1cccc(COc2ccc(S(=O)(=O)N3CCCC3)cc2C(N)=O)c1. The van der Waals surface area contributed by atoms with E-state index >= 15 is 0 Å². The summed E-state index contributed by atoms with van der Waals surface area (Å²) < 4.78 is 32.4. The van der Waals surface area contributed by atoms with Gasteiger partial charge in [-0.1, -0.05) is 12.1 Å². The highest BCUT2D eigenvalue weighted by atomic mass is 32.2. The Balaban J connectivity index is 1.85. The maximum Gasteiger partial charge on any atom is 0.252 e. The van der Waals surface area contributed by atoms with Gasteiger partial charge in [0.15, 0.2) is 0 Å². The lowest BCUT2D eigenvalue weighted by Gasteiger charge is -2.17. The second-order valence-corrected chi connectivity index (χ2v) is 8.42. The van der Waals surface area contributed by atoms with Gasteiger partial charge in [-0.05, 0) is 48.7 Å². The van der Waals surface area contributed by atoms with Gasteiger partial charge < -0.3 is 16.2 Å². The van der Waals surface area contributed by atoms with Gasteiger partial charge in [0.2, 0.25) is 15.9 Å². The molecule has 0 bridgehead atoms. The lowest BCUT2D eigenvalue weighted by molar-refractivity contribution is 0.0990. The van der Waals surface area contributed by atoms with Crippen LogP contribution in [0.3, 0.4) is 0 Å². The zero-order chi connectivity index (χ0) is 20.3. The zero-order valence-electron chi connectivity index (χ0n) is 15.1. The Labute approximate surface area is 163 Å². The van der Waals surface area contributed by atoms with E-state index in [1.807, 2.05) is 0 Å². The first-order chi connectivity index (χ1) is 13.3. The summed E-state index contributed by atoms with van der Waals surface area (Å²) in [5, 5.41) is 0. The van der Waals surface area contributed by atoms with Crippen LogP contribution in [0.15, 0.2) is 47.4 Å². The molecule has 1 aliphatic heterocycles. The molecule has 9 heteroatoms. The number of amides is 2. The van der Waals surface area contributed by atoms with Crippen LogP contribution >= 0.6 is 0 Å². The summed E-state index contributed by atoms with van der Waals surface area (Å²) in [6, 6.07) is 10.6. The Kier molecular flexibility index (Phi) is 5.66. The minimum atomic E-state index is -3.68. The number of nitrogens with zero attached hydrogens (tertiary/aromatic N) is 1. The van der Waals surface area contributed by atoms with Crippen molar-refractivity contribution >= 4 is 21.8 Å². The van der Waals surface area contributed by atoms with E-state index in [1.165, 1.54) is 22.5 Å². The molecule has 1 aliphatic rings. The second kappa shape index (κ2) is 7.99. The average molecular weight is 403 g/mol. The molecule has 8 nitrogen and oxygen atoms in total. The average Bonchev–Trinajstić information content (AvgIpc) is 3.22. The fourth-order valence-corrected chi connectivity index (χ4v) is 4.58. The monoisotopic (exact) mass is 403 g/mol. The van der Waals surface area contributed by atoms with Gasteiger partial charge in [-0.3, -0.25) is 9.59 Å². The first kappa shape index (κ1) is 19.8. The largest absolute Gasteiger partial charge is 0.488 e. The number of carbonyl (C=O) groups is 2. The normalized spacial score (nSPS) is 14.7. The summed E-state index contributed by atoms with van der Waals surface area (Å²) in [5.74, 6) is -1.19. The molecule has 2 aromatic carbocycles. The zero-order valence-corrected chi connectivity index (χ0v) is 15.9. The van der Waals surface area contributed by atoms with E-state index in [-0.39, 0.29) is 22.8 Å². The van der Waals surface area contributed by atoms with Crippen LogP contribution in [-0.2, 0) is 16.6 Å². The molecule has 0 spiro atoms. The molecule has 0 atom stereocenters. The van der Waals surface area contributed by atoms with Crippen LogP contribution in [0.5, 0.6) is 5.75 Å². The molecule has 0 aromatic heterocycles. The van der Waals surface area contributed by atoms with Crippen molar-refractivity contribution in [2.45, 2.75) is 24.3 Å². The number of sulfonamides is 1. The van der Waals surface area contributed by atoms with Crippen LogP contribution in [0.2, 0.25) is 0 Å². The van der Waals surface area contributed by atoms with Crippen LogP contribution in [0.4, 0.5) is 0 Å². The molecule has 1 heterocycles. The predicted molar refractivity (Wildman–Crippen MR) is 102 cm³/mol. The predicted octanol–water partition coefficient (Wildman–Crippen LogP) is 1.25. The Morgan fingerprint density at radius 3 is 2.36 bits per heavy atom. The van der Waals surface area contributed by atoms with Crippen molar-refractivity contribution in [1.82, 2.24) is 4.31 Å². The molecule has 2 amide bonds. The maximum atomic E-state index is 12.7. The van der Waals surface area contributed by atoms with Crippen molar-refractivity contribution in [1.29, 1.82) is 0 Å². The first-order valence-electron chi connectivity index (χ1n) is 8.74. The highest BCUT2D eigenvalue weighted by Crippen LogP contribution is 2.27. The van der Waals surface area contributed by atoms with Crippen molar-refractivity contribution in [2.75, 3.05) is 13.1 Å². The number of rotatable bonds is 7. The third-order valence-electron chi connectivity index (χ3n) is 4.53. The minimum Gasteiger partial charge on any atom is -0.488 e. The van der Waals surface area contributed by atoms with Gasteiger partial charge in [0, 0.05) is 18.7 Å². The maximum absolute atomic E-state index is 12.7. The molecular formula is C19H21N3O5S. The summed E-state index contributed by atoms with van der Waals surface area (Å²) in [4.78, 5) is 23.1. The van der Waals surface area contributed by atoms with E-state index in [2.05, 4.69) is 0 Å². The standard InChI is InChI=1S/C19H21N3O5S/c20-18(23)14-5-3-4-13(10-14)12-27-17-7-6-15(11-16(17)19(21)24)28(25,26)22-8-1-2-9-22/h3-7,10-11H,1-2,8-9,12H2,(H2,20,23)(H2,21,24). The Morgan fingerprint density at radius 2 is 1.71 bits per heavy atom. The van der Waals surface area contributed by atoms with Crippen molar-refractivity contribution < 1.29 is 22.7 Å². The molecule has 1 fully saturated rings. The third-order valence-corrected chi connectivity index (χ3v) is 6.42. The number of carbonyl (C=O) groups excluding carboxylic acids is 2. The van der Waals surface area contributed by atoms with E-state index in [0.29, 0.717) is 24.2 Å². The molecule has 0 saturated carbocycles. The van der Waals surface area contributed by atoms with Gasteiger partial charge in [0.1, 0.15) is 12.4 Å². The minimum absolute atomic E-state index is 0.00581. The molecule has 2 aromatic rings. The number of ether oxygens (including phenoxy) is 1. The Bertz CT molecular complexity index is 1010. The number of benzene rings is 2. The number of primary amides is 2. The lowest BCUT2D eigenvalue weighted by Crippen LogP contribution is -2.28. The number of hydrogen-bond donors (Lipinski definition) is 2. The summed E-state index contributed by atoms with van der Waals surface area (Å²) >= 11 is 0. The molecule has 3 rings (SSSR count). The molecule has 1 saturated heterocycles. The van der Waals surface area contributed by atoms with Crippen molar-refractivity contribution in [3.63, 3.8) is 0 Å². The second-order valence-electron chi connectivity index (χ2n) is 6.49. The van der Waals surface area contributed by atoms with Gasteiger partial charge in [-0.15, -0.1) is 0 Å². The summed E-state index contributed by atoms with van der Waals surface area (Å²) in [6.45, 7) is 0.977. The molecule has 148 valence electrons. The van der Waals surface area contributed by atoms with Crippen LogP contribution in [0, 0.1) is 0 Å². The third kappa shape index (κ3) is 4.15. The summed E-state index contributed by atoms with van der Waals surface area (Å²) in [5.41, 5.74) is 11.7. The van der Waals surface area contributed by atoms with Gasteiger partial charge in [-0.2, -0.15) is 4.31 Å². The van der Waals surface area contributed by atoms with Crippen molar-refractivity contribution in [2.24, 2.45) is 11.5 Å². The van der Waals surface area contributed by atoms with Crippen LogP contribution in [-0.4, -0.2) is 37.6 Å². The summed E-state index contributed by atoms with van der Waals surface area (Å²) in [7, 11) is -3.68. The van der Waals surface area contributed by atoms with Crippen molar-refractivity contribution in [3.8, 4) is 5.75 Å². The van der Waals surface area contributed by atoms with E-state index in [0.717, 1.165) is 12.8 Å². The highest BCUT2D eigenvalue weighted by molar-refractivity contribution is 7.89. The Morgan fingerprint density at radius 1 is 1.00 bits per heavy atom. The van der Waals surface area contributed by atoms with Crippen LogP contribution < -0.4 is 16.2 Å². The Hall–Kier alpha value is -2.91. The lowest BCUT2D eigenvalue weighted by atomic mass is 10.1. The van der Waals surface area contributed by atoms with Gasteiger partial charge in [0.25, 0.3) is 5.91 Å². The molecule has 0 unspecified atom stereocenters. The fourth-order valence-electron chi connectivity index (χ4n) is 3.04. The first-order valence-corrected chi connectivity index (χ1v) is 10.2. The smallest absolute Gasteiger partial charge is 0.252 e. The van der Waals surface area contributed by atoms with E-state index < -0.39 is 21.8 Å². The van der Waals surface area contributed by atoms with Gasteiger partial charge >= 0.3 is 0 Å². The van der Waals surface area contributed by atoms with Gasteiger partial charge in [-0.25, -0.2) is 8.42 Å². The number of nitrogens with two attached hydrogens (primary N) is 2. The van der Waals surface area contributed by atoms with Crippen LogP contribution in [0.1, 0.15) is 39.1 Å². The van der Waals surface area contributed by atoms with Crippen LogP contribution in [0.25, 0.3) is 0 Å². The van der Waals surface area contributed by atoms with E-state index in [9.17, 15) is 18.0 Å². The van der Waals surface area contributed by atoms with Crippen molar-refractivity contribution in [3.05, 3.63) is 59.2 Å². The van der Waals surface area contributed by atoms with Gasteiger partial charge in [0.05, 0.1) is 10.5 Å². The molecule has 28 heavy (non-hydrogen) atoms. The molecule has 0 aliphatic carbocycles. The quantitative estimate of drug-likeness (QED) is 0.718. The number of hydrogen-bond acceptors (Lipinski definition) is 5. The molecular weight excluding hydrogens is 382 g/mol. The van der Waals surface area contributed by atoms with E-state index in [4.69, 9.17) is 16.2 Å². The summed E-state index contributed by atoms with van der Waals surface area (Å²) in [6.07, 6.45) is 1.63.